The van der Waals surface area contributed by atoms with E-state index in [-0.39, 0.29) is 18.1 Å². The molecule has 0 spiro atoms. The summed E-state index contributed by atoms with van der Waals surface area (Å²) in [6, 6.07) is 7.62. The summed E-state index contributed by atoms with van der Waals surface area (Å²) in [7, 11) is 0. The van der Waals surface area contributed by atoms with Gasteiger partial charge in [0.1, 0.15) is 0 Å². The van der Waals surface area contributed by atoms with Crippen molar-refractivity contribution < 1.29 is 14.6 Å². The third-order valence-corrected chi connectivity index (χ3v) is 4.33. The lowest BCUT2D eigenvalue weighted by Crippen LogP contribution is -2.47. The van der Waals surface area contributed by atoms with Crippen molar-refractivity contribution >= 4 is 17.6 Å². The largest absolute Gasteiger partial charge is 0.396 e. The number of hydrogen-bond acceptors (Lipinski definition) is 3. The van der Waals surface area contributed by atoms with E-state index in [4.69, 9.17) is 21.4 Å². The molecule has 3 N–H and O–H groups in total. The summed E-state index contributed by atoms with van der Waals surface area (Å²) in [5.41, 5.74) is 0.997. The van der Waals surface area contributed by atoms with Crippen LogP contribution >= 0.6 is 11.6 Å². The maximum absolute atomic E-state index is 11.8. The van der Waals surface area contributed by atoms with Crippen molar-refractivity contribution in [3.8, 4) is 0 Å². The fraction of sp³-hybridized carbons (Fsp3) is 0.562. The first-order valence-corrected chi connectivity index (χ1v) is 8.00. The van der Waals surface area contributed by atoms with Crippen molar-refractivity contribution in [2.24, 2.45) is 0 Å². The highest BCUT2D eigenvalue weighted by Crippen LogP contribution is 2.35. The third kappa shape index (κ3) is 4.60. The summed E-state index contributed by atoms with van der Waals surface area (Å²) in [6.45, 7) is 2.45. The van der Waals surface area contributed by atoms with E-state index < -0.39 is 0 Å². The molecule has 6 heteroatoms. The van der Waals surface area contributed by atoms with Gasteiger partial charge in [-0.25, -0.2) is 4.79 Å². The highest BCUT2D eigenvalue weighted by Gasteiger charge is 2.35. The molecule has 1 aromatic rings. The van der Waals surface area contributed by atoms with Gasteiger partial charge in [-0.2, -0.15) is 0 Å². The molecular weight excluding hydrogens is 304 g/mol. The SMILES string of the molecule is O=C(NCCCO)NCC1(c2cccc(Cl)c2)CCOCC1. The van der Waals surface area contributed by atoms with Gasteiger partial charge >= 0.3 is 6.03 Å². The van der Waals surface area contributed by atoms with Gasteiger partial charge in [-0.05, 0) is 37.0 Å². The number of rotatable bonds is 6. The van der Waals surface area contributed by atoms with Crippen LogP contribution in [0.5, 0.6) is 0 Å². The van der Waals surface area contributed by atoms with Crippen molar-refractivity contribution in [3.63, 3.8) is 0 Å². The van der Waals surface area contributed by atoms with Crippen LogP contribution in [0.1, 0.15) is 24.8 Å². The Hall–Kier alpha value is -1.30. The van der Waals surface area contributed by atoms with Crippen LogP contribution in [0.15, 0.2) is 24.3 Å². The normalized spacial score (nSPS) is 17.0. The Labute approximate surface area is 136 Å². The average molecular weight is 327 g/mol. The molecule has 0 saturated carbocycles. The molecule has 0 bridgehead atoms. The zero-order valence-electron chi connectivity index (χ0n) is 12.6. The lowest BCUT2D eigenvalue weighted by molar-refractivity contribution is 0.0507. The van der Waals surface area contributed by atoms with Crippen molar-refractivity contribution in [1.29, 1.82) is 0 Å². The number of hydrogen-bond donors (Lipinski definition) is 3. The van der Waals surface area contributed by atoms with Gasteiger partial charge in [0, 0.05) is 43.3 Å². The number of carbonyl (C=O) groups is 1. The molecule has 122 valence electrons. The zero-order valence-corrected chi connectivity index (χ0v) is 13.4. The molecule has 0 atom stereocenters. The Balaban J connectivity index is 2.02. The molecule has 1 saturated heterocycles. The molecule has 2 rings (SSSR count). The molecule has 2 amide bonds. The van der Waals surface area contributed by atoms with Gasteiger partial charge in [0.2, 0.25) is 0 Å². The second kappa shape index (κ2) is 8.36. The highest BCUT2D eigenvalue weighted by molar-refractivity contribution is 6.30. The van der Waals surface area contributed by atoms with Crippen LogP contribution in [0.4, 0.5) is 4.79 Å². The molecule has 1 heterocycles. The van der Waals surface area contributed by atoms with Gasteiger partial charge in [0.05, 0.1) is 0 Å². The van der Waals surface area contributed by atoms with Gasteiger partial charge < -0.3 is 20.5 Å². The van der Waals surface area contributed by atoms with E-state index in [0.29, 0.717) is 37.7 Å². The summed E-state index contributed by atoms with van der Waals surface area (Å²) in [6.07, 6.45) is 2.26. The molecule has 0 aromatic heterocycles. The van der Waals surface area contributed by atoms with Gasteiger partial charge in [-0.3, -0.25) is 0 Å². The number of aliphatic hydroxyl groups is 1. The van der Waals surface area contributed by atoms with Crippen LogP contribution in [0, 0.1) is 0 Å². The summed E-state index contributed by atoms with van der Waals surface area (Å²) in [5.74, 6) is 0. The molecule has 0 radical (unpaired) electrons. The van der Waals surface area contributed by atoms with Gasteiger partial charge in [0.15, 0.2) is 0 Å². The first-order chi connectivity index (χ1) is 10.7. The highest BCUT2D eigenvalue weighted by atomic mass is 35.5. The number of amides is 2. The minimum atomic E-state index is -0.207. The number of nitrogens with one attached hydrogen (secondary N) is 2. The first kappa shape index (κ1) is 17.1. The maximum Gasteiger partial charge on any atom is 0.314 e. The molecule has 22 heavy (non-hydrogen) atoms. The van der Waals surface area contributed by atoms with Gasteiger partial charge in [-0.15, -0.1) is 0 Å². The third-order valence-electron chi connectivity index (χ3n) is 4.09. The molecule has 5 nitrogen and oxygen atoms in total. The monoisotopic (exact) mass is 326 g/mol. The van der Waals surface area contributed by atoms with Gasteiger partial charge in [-0.1, -0.05) is 23.7 Å². The van der Waals surface area contributed by atoms with Crippen LogP contribution in [0.2, 0.25) is 5.02 Å². The number of ether oxygens (including phenoxy) is 1. The summed E-state index contributed by atoms with van der Waals surface area (Å²) in [5, 5.41) is 15.1. The van der Waals surface area contributed by atoms with E-state index in [1.54, 1.807) is 0 Å². The number of carbonyl (C=O) groups excluding carboxylic acids is 1. The lowest BCUT2D eigenvalue weighted by Gasteiger charge is -2.38. The molecule has 1 aliphatic rings. The van der Waals surface area contributed by atoms with Crippen LogP contribution < -0.4 is 10.6 Å². The molecule has 0 aliphatic carbocycles. The van der Waals surface area contributed by atoms with Crippen molar-refractivity contribution in [1.82, 2.24) is 10.6 Å². The van der Waals surface area contributed by atoms with Crippen LogP contribution in [-0.4, -0.2) is 44.0 Å². The number of halogens is 1. The molecule has 1 aromatic carbocycles. The quantitative estimate of drug-likeness (QED) is 0.701. The standard InChI is InChI=1S/C16H23ClN2O3/c17-14-4-1-3-13(11-14)16(5-9-22-10-6-16)12-19-15(21)18-7-2-8-20/h1,3-4,11,20H,2,5-10,12H2,(H2,18,19,21). The van der Waals surface area contributed by atoms with Gasteiger partial charge in [0.25, 0.3) is 0 Å². The second-order valence-corrected chi connectivity index (χ2v) is 6.03. The van der Waals surface area contributed by atoms with E-state index in [1.165, 1.54) is 0 Å². The predicted octanol–water partition coefficient (Wildman–Crippen LogP) is 2.07. The molecular formula is C16H23ClN2O3. The lowest BCUT2D eigenvalue weighted by atomic mass is 9.74. The van der Waals surface area contributed by atoms with E-state index in [9.17, 15) is 4.79 Å². The average Bonchev–Trinajstić information content (AvgIpc) is 2.54. The number of aliphatic hydroxyl groups excluding tert-OH is 1. The van der Waals surface area contributed by atoms with E-state index >= 15 is 0 Å². The number of urea groups is 1. The van der Waals surface area contributed by atoms with Crippen molar-refractivity contribution in [3.05, 3.63) is 34.9 Å². The summed E-state index contributed by atoms with van der Waals surface area (Å²) < 4.78 is 5.47. The van der Waals surface area contributed by atoms with Crippen LogP contribution in [0.25, 0.3) is 0 Å². The minimum Gasteiger partial charge on any atom is -0.396 e. The summed E-state index contributed by atoms with van der Waals surface area (Å²) >= 11 is 6.12. The van der Waals surface area contributed by atoms with Crippen molar-refractivity contribution in [2.75, 3.05) is 32.9 Å². The minimum absolute atomic E-state index is 0.0735. The molecule has 1 fully saturated rings. The molecule has 0 unspecified atom stereocenters. The Bertz CT molecular complexity index is 490. The van der Waals surface area contributed by atoms with Crippen LogP contribution in [-0.2, 0) is 10.2 Å². The van der Waals surface area contributed by atoms with Crippen LogP contribution in [0.3, 0.4) is 0 Å². The Morgan fingerprint density at radius 1 is 1.32 bits per heavy atom. The van der Waals surface area contributed by atoms with E-state index in [1.807, 2.05) is 18.2 Å². The number of benzene rings is 1. The van der Waals surface area contributed by atoms with E-state index in [2.05, 4.69) is 16.7 Å². The first-order valence-electron chi connectivity index (χ1n) is 7.63. The Morgan fingerprint density at radius 2 is 2.09 bits per heavy atom. The molecule has 1 aliphatic heterocycles. The Morgan fingerprint density at radius 3 is 2.77 bits per heavy atom. The smallest absolute Gasteiger partial charge is 0.314 e. The van der Waals surface area contributed by atoms with E-state index in [0.717, 1.165) is 18.4 Å². The zero-order chi connectivity index (χ0) is 15.8. The fourth-order valence-corrected chi connectivity index (χ4v) is 2.93. The predicted molar refractivity (Wildman–Crippen MR) is 86.3 cm³/mol. The second-order valence-electron chi connectivity index (χ2n) is 5.59. The summed E-state index contributed by atoms with van der Waals surface area (Å²) in [4.78, 5) is 11.8. The maximum atomic E-state index is 11.8. The Kier molecular flexibility index (Phi) is 6.49. The van der Waals surface area contributed by atoms with Crippen molar-refractivity contribution in [2.45, 2.75) is 24.7 Å². The topological polar surface area (TPSA) is 70.6 Å². The fourth-order valence-electron chi connectivity index (χ4n) is 2.74.